The van der Waals surface area contributed by atoms with Crippen molar-refractivity contribution in [3.63, 3.8) is 0 Å². The number of ketones is 2. The van der Waals surface area contributed by atoms with E-state index in [1.807, 2.05) is 0 Å². The van der Waals surface area contributed by atoms with E-state index in [1.165, 1.54) is 12.8 Å². The summed E-state index contributed by atoms with van der Waals surface area (Å²) in [5.41, 5.74) is -0.0905. The van der Waals surface area contributed by atoms with Crippen LogP contribution in [0.15, 0.2) is 0 Å². The summed E-state index contributed by atoms with van der Waals surface area (Å²) in [5.74, 6) is 3.49. The first-order valence-electron chi connectivity index (χ1n) is 8.80. The van der Waals surface area contributed by atoms with Crippen molar-refractivity contribution in [1.82, 2.24) is 0 Å². The topological polar surface area (TPSA) is 46.7 Å². The van der Waals surface area contributed by atoms with Gasteiger partial charge in [0.05, 0.1) is 0 Å². The molecular weight excluding hydrogens is 264 g/mol. The molecule has 5 rings (SSSR count). The monoisotopic (exact) mass is 288 g/mol. The van der Waals surface area contributed by atoms with Crippen molar-refractivity contribution >= 4 is 11.6 Å². The Morgan fingerprint density at radius 1 is 0.952 bits per heavy atom. The quantitative estimate of drug-likeness (QED) is 0.644. The minimum atomic E-state index is -0.0626. The van der Waals surface area contributed by atoms with E-state index in [9.17, 15) is 9.59 Å². The summed E-state index contributed by atoms with van der Waals surface area (Å²) in [6, 6.07) is 0. The van der Waals surface area contributed by atoms with Gasteiger partial charge in [0.25, 0.3) is 0 Å². The maximum atomic E-state index is 12.3. The van der Waals surface area contributed by atoms with E-state index in [1.54, 1.807) is 0 Å². The van der Waals surface area contributed by atoms with Gasteiger partial charge in [0, 0.05) is 18.3 Å². The van der Waals surface area contributed by atoms with Crippen LogP contribution in [-0.2, 0) is 14.3 Å². The van der Waals surface area contributed by atoms with Gasteiger partial charge >= 0.3 is 0 Å². The summed E-state index contributed by atoms with van der Waals surface area (Å²) in [6.07, 6.45) is 8.11. The largest absolute Gasteiger partial charge is 0.357 e. The van der Waals surface area contributed by atoms with Crippen molar-refractivity contribution in [2.24, 2.45) is 29.1 Å². The molecule has 0 aromatic rings. The number of carbonyl (C=O) groups excluding carboxylic acids is 2. The molecule has 21 heavy (non-hydrogen) atoms. The molecule has 3 heteroatoms. The van der Waals surface area contributed by atoms with Gasteiger partial charge in [0.15, 0.2) is 5.78 Å². The van der Waals surface area contributed by atoms with Crippen LogP contribution in [0.2, 0.25) is 0 Å². The molecule has 0 amide bonds. The third-order valence-corrected chi connectivity index (χ3v) is 7.93. The molecule has 0 unspecified atom stereocenters. The second-order valence-electron chi connectivity index (χ2n) is 8.46. The summed E-state index contributed by atoms with van der Waals surface area (Å²) in [7, 11) is 0. The van der Waals surface area contributed by atoms with E-state index in [0.29, 0.717) is 35.2 Å². The van der Waals surface area contributed by atoms with Gasteiger partial charge in [-0.3, -0.25) is 9.59 Å². The number of ether oxygens (including phenoxy) is 1. The zero-order valence-electron chi connectivity index (χ0n) is 12.8. The van der Waals surface area contributed by atoms with Crippen LogP contribution in [0, 0.1) is 29.1 Å². The molecule has 5 fully saturated rings. The maximum absolute atomic E-state index is 12.3. The highest BCUT2D eigenvalue weighted by Crippen LogP contribution is 2.66. The molecule has 114 valence electrons. The Hall–Kier alpha value is -0.700. The predicted octanol–water partition coefficient (Wildman–Crippen LogP) is 2.91. The lowest BCUT2D eigenvalue weighted by Crippen LogP contribution is -2.52. The van der Waals surface area contributed by atoms with Gasteiger partial charge in [0.2, 0.25) is 0 Å². The van der Waals surface area contributed by atoms with Crippen molar-refractivity contribution in [3.8, 4) is 0 Å². The second-order valence-corrected chi connectivity index (χ2v) is 8.46. The molecule has 0 radical (unpaired) electrons. The van der Waals surface area contributed by atoms with Crippen LogP contribution < -0.4 is 0 Å². The van der Waals surface area contributed by atoms with Crippen LogP contribution in [0.5, 0.6) is 0 Å². The minimum absolute atomic E-state index is 0.0278. The molecule has 4 saturated carbocycles. The molecule has 0 N–H and O–H groups in total. The number of hydrogen-bond donors (Lipinski definition) is 0. The molecule has 1 saturated heterocycles. The SMILES string of the molecule is C[C@]12CC[C@H]3[C@@H](CC[C@]45O[C@H]4C(=O)CC[C@H]35)[C@@H]1CCC2=O. The Kier molecular flexibility index (Phi) is 2.31. The van der Waals surface area contributed by atoms with Gasteiger partial charge in [-0.15, -0.1) is 0 Å². The van der Waals surface area contributed by atoms with Gasteiger partial charge in [0.1, 0.15) is 17.5 Å². The normalized spacial score (nSPS) is 58.0. The third-order valence-electron chi connectivity index (χ3n) is 7.93. The van der Waals surface area contributed by atoms with E-state index in [-0.39, 0.29) is 17.1 Å². The first kappa shape index (κ1) is 12.8. The van der Waals surface area contributed by atoms with E-state index in [4.69, 9.17) is 4.74 Å². The van der Waals surface area contributed by atoms with Gasteiger partial charge < -0.3 is 4.74 Å². The molecule has 4 aliphatic carbocycles. The van der Waals surface area contributed by atoms with Gasteiger partial charge in [-0.2, -0.15) is 0 Å². The molecule has 0 aromatic carbocycles. The fourth-order valence-corrected chi connectivity index (χ4v) is 6.83. The lowest BCUT2D eigenvalue weighted by Gasteiger charge is -2.53. The van der Waals surface area contributed by atoms with Crippen LogP contribution in [-0.4, -0.2) is 23.3 Å². The highest BCUT2D eigenvalue weighted by atomic mass is 16.6. The average molecular weight is 288 g/mol. The Labute approximate surface area is 125 Å². The summed E-state index contributed by atoms with van der Waals surface area (Å²) >= 11 is 0. The number of carbonyl (C=O) groups is 2. The standard InChI is InChI=1S/C18H24O3/c1-17-8-6-11-10(12(17)3-5-15(17)20)7-9-18-13(11)2-4-14(19)16(18)21-18/h10-13,16H,2-9H2,1H3/t10-,11+,12+,13-,16+,17+,18-/m1/s1. The summed E-state index contributed by atoms with van der Waals surface area (Å²) in [4.78, 5) is 24.3. The van der Waals surface area contributed by atoms with Crippen molar-refractivity contribution in [3.05, 3.63) is 0 Å². The van der Waals surface area contributed by atoms with Gasteiger partial charge in [-0.05, 0) is 62.2 Å². The third kappa shape index (κ3) is 1.40. The van der Waals surface area contributed by atoms with Crippen molar-refractivity contribution in [2.45, 2.75) is 70.0 Å². The average Bonchev–Trinajstić information content (AvgIpc) is 3.13. The molecule has 1 aliphatic heterocycles. The van der Waals surface area contributed by atoms with Crippen LogP contribution >= 0.6 is 0 Å². The number of rotatable bonds is 0. The van der Waals surface area contributed by atoms with Crippen molar-refractivity contribution in [2.75, 3.05) is 0 Å². The first-order chi connectivity index (χ1) is 10.1. The lowest BCUT2D eigenvalue weighted by molar-refractivity contribution is -0.133. The summed E-state index contributed by atoms with van der Waals surface area (Å²) in [5, 5.41) is 0. The molecule has 3 nitrogen and oxygen atoms in total. The molecular formula is C18H24O3. The molecule has 1 heterocycles. The highest BCUT2D eigenvalue weighted by molar-refractivity contribution is 5.88. The summed E-state index contributed by atoms with van der Waals surface area (Å²) in [6.45, 7) is 2.23. The number of Topliss-reactive ketones (excluding diaryl/α,β-unsaturated/α-hetero) is 2. The molecule has 0 bridgehead atoms. The summed E-state index contributed by atoms with van der Waals surface area (Å²) < 4.78 is 5.97. The molecule has 1 spiro atoms. The first-order valence-corrected chi connectivity index (χ1v) is 8.80. The number of hydrogen-bond acceptors (Lipinski definition) is 3. The number of epoxide rings is 1. The molecule has 5 aliphatic rings. The Balaban J connectivity index is 1.47. The Bertz CT molecular complexity index is 541. The molecule has 7 atom stereocenters. The fourth-order valence-electron chi connectivity index (χ4n) is 6.83. The Morgan fingerprint density at radius 2 is 1.67 bits per heavy atom. The zero-order chi connectivity index (χ0) is 14.4. The number of fused-ring (bicyclic) bond motifs is 4. The van der Waals surface area contributed by atoms with E-state index >= 15 is 0 Å². The van der Waals surface area contributed by atoms with Crippen LogP contribution in [0.3, 0.4) is 0 Å². The molecule has 0 aromatic heterocycles. The van der Waals surface area contributed by atoms with Gasteiger partial charge in [-0.25, -0.2) is 0 Å². The Morgan fingerprint density at radius 3 is 2.52 bits per heavy atom. The van der Waals surface area contributed by atoms with Crippen molar-refractivity contribution in [1.29, 1.82) is 0 Å². The fraction of sp³-hybridized carbons (Fsp3) is 0.889. The lowest BCUT2D eigenvalue weighted by atomic mass is 9.50. The smallest absolute Gasteiger partial charge is 0.164 e. The highest BCUT2D eigenvalue weighted by Gasteiger charge is 2.71. The second kappa shape index (κ2) is 3.79. The van der Waals surface area contributed by atoms with Crippen LogP contribution in [0.25, 0.3) is 0 Å². The van der Waals surface area contributed by atoms with E-state index in [2.05, 4.69) is 6.92 Å². The maximum Gasteiger partial charge on any atom is 0.164 e. The minimum Gasteiger partial charge on any atom is -0.357 e. The van der Waals surface area contributed by atoms with E-state index < -0.39 is 0 Å². The zero-order valence-corrected chi connectivity index (χ0v) is 12.8. The van der Waals surface area contributed by atoms with Crippen LogP contribution in [0.4, 0.5) is 0 Å². The van der Waals surface area contributed by atoms with Gasteiger partial charge in [-0.1, -0.05) is 6.92 Å². The van der Waals surface area contributed by atoms with E-state index in [0.717, 1.165) is 38.5 Å². The van der Waals surface area contributed by atoms with Crippen molar-refractivity contribution < 1.29 is 14.3 Å². The predicted molar refractivity (Wildman–Crippen MR) is 76.6 cm³/mol. The van der Waals surface area contributed by atoms with Crippen LogP contribution in [0.1, 0.15) is 58.3 Å².